The average molecular weight is 368 g/mol. The number of amides is 2. The van der Waals surface area contributed by atoms with Crippen molar-refractivity contribution in [2.24, 2.45) is 5.92 Å². The number of carbonyl (C=O) groups is 3. The van der Waals surface area contributed by atoms with E-state index in [1.54, 1.807) is 38.1 Å². The van der Waals surface area contributed by atoms with Gasteiger partial charge in [-0.25, -0.2) is 4.79 Å². The van der Waals surface area contributed by atoms with E-state index in [0.717, 1.165) is 0 Å². The molecule has 0 aliphatic heterocycles. The molecule has 1 N–H and O–H groups in total. The predicted octanol–water partition coefficient (Wildman–Crippen LogP) is 3.06. The molecule has 0 saturated heterocycles. The number of anilines is 2. The van der Waals surface area contributed by atoms with Gasteiger partial charge in [0.05, 0.1) is 0 Å². The first-order valence-electron chi connectivity index (χ1n) is 8.77. The van der Waals surface area contributed by atoms with Gasteiger partial charge in [0, 0.05) is 18.3 Å². The molecule has 0 heterocycles. The number of para-hydroxylation sites is 2. The molecule has 0 aromatic heterocycles. The van der Waals surface area contributed by atoms with Crippen molar-refractivity contribution in [3.05, 3.63) is 60.7 Å². The molecule has 0 aliphatic rings. The van der Waals surface area contributed by atoms with Gasteiger partial charge >= 0.3 is 5.97 Å². The van der Waals surface area contributed by atoms with Crippen LogP contribution in [0.25, 0.3) is 0 Å². The number of carbonyl (C=O) groups excluding carboxylic acids is 3. The van der Waals surface area contributed by atoms with Gasteiger partial charge < -0.3 is 10.1 Å². The van der Waals surface area contributed by atoms with E-state index in [-0.39, 0.29) is 17.7 Å². The Hall–Kier alpha value is -3.15. The number of benzene rings is 2. The molecule has 0 bridgehead atoms. The summed E-state index contributed by atoms with van der Waals surface area (Å²) in [5.41, 5.74) is 1.35. The van der Waals surface area contributed by atoms with Gasteiger partial charge in [-0.05, 0) is 30.2 Å². The maximum Gasteiger partial charge on any atom is 0.329 e. The van der Waals surface area contributed by atoms with Gasteiger partial charge in [0.2, 0.25) is 5.91 Å². The van der Waals surface area contributed by atoms with Crippen molar-refractivity contribution in [1.29, 1.82) is 0 Å². The van der Waals surface area contributed by atoms with E-state index in [2.05, 4.69) is 5.32 Å². The van der Waals surface area contributed by atoms with Crippen molar-refractivity contribution in [2.45, 2.75) is 26.8 Å². The fourth-order valence-corrected chi connectivity index (χ4v) is 2.60. The van der Waals surface area contributed by atoms with Crippen LogP contribution in [-0.4, -0.2) is 30.4 Å². The zero-order valence-corrected chi connectivity index (χ0v) is 15.7. The third-order valence-electron chi connectivity index (χ3n) is 3.90. The Morgan fingerprint density at radius 1 is 0.926 bits per heavy atom. The minimum Gasteiger partial charge on any atom is -0.454 e. The highest BCUT2D eigenvalue weighted by Crippen LogP contribution is 2.25. The van der Waals surface area contributed by atoms with E-state index >= 15 is 0 Å². The Balaban J connectivity index is 2.15. The van der Waals surface area contributed by atoms with Crippen molar-refractivity contribution >= 4 is 29.2 Å². The molecule has 1 atom stereocenters. The second-order valence-electron chi connectivity index (χ2n) is 6.43. The third-order valence-corrected chi connectivity index (χ3v) is 3.90. The fraction of sp³-hybridized carbons (Fsp3) is 0.286. The highest BCUT2D eigenvalue weighted by atomic mass is 16.5. The summed E-state index contributed by atoms with van der Waals surface area (Å²) in [5.74, 6) is -1.50. The lowest BCUT2D eigenvalue weighted by atomic mass is 10.0. The quantitative estimate of drug-likeness (QED) is 0.762. The van der Waals surface area contributed by atoms with E-state index in [0.29, 0.717) is 11.4 Å². The van der Waals surface area contributed by atoms with Gasteiger partial charge in [-0.3, -0.25) is 14.5 Å². The van der Waals surface area contributed by atoms with Crippen LogP contribution in [-0.2, 0) is 19.1 Å². The molecule has 0 radical (unpaired) electrons. The molecule has 0 saturated carbocycles. The van der Waals surface area contributed by atoms with Crippen molar-refractivity contribution in [1.82, 2.24) is 5.32 Å². The summed E-state index contributed by atoms with van der Waals surface area (Å²) in [6.45, 7) is 4.50. The van der Waals surface area contributed by atoms with Crippen LogP contribution in [0, 0.1) is 5.92 Å². The Kier molecular flexibility index (Phi) is 7.11. The molecular weight excluding hydrogens is 344 g/mol. The largest absolute Gasteiger partial charge is 0.454 e. The van der Waals surface area contributed by atoms with E-state index in [1.165, 1.54) is 11.8 Å². The highest BCUT2D eigenvalue weighted by Gasteiger charge is 2.26. The zero-order valence-electron chi connectivity index (χ0n) is 15.7. The molecule has 142 valence electrons. The Labute approximate surface area is 159 Å². The summed E-state index contributed by atoms with van der Waals surface area (Å²) in [4.78, 5) is 37.9. The molecule has 2 rings (SSSR count). The molecule has 2 amide bonds. The minimum atomic E-state index is -0.794. The zero-order chi connectivity index (χ0) is 19.8. The maximum absolute atomic E-state index is 12.8. The van der Waals surface area contributed by atoms with Crippen LogP contribution in [0.15, 0.2) is 60.7 Å². The molecule has 6 heteroatoms. The highest BCUT2D eigenvalue weighted by molar-refractivity contribution is 6.02. The molecule has 0 spiro atoms. The molecule has 6 nitrogen and oxygen atoms in total. The van der Waals surface area contributed by atoms with Gasteiger partial charge in [0.25, 0.3) is 5.91 Å². The monoisotopic (exact) mass is 368 g/mol. The van der Waals surface area contributed by atoms with Crippen LogP contribution < -0.4 is 10.2 Å². The Bertz CT molecular complexity index is 736. The SMILES string of the molecule is CC(=O)N[C@H](C(=O)OCC(=O)N(c1ccccc1)c1ccccc1)C(C)C. The number of ether oxygens (including phenoxy) is 1. The average Bonchev–Trinajstić information content (AvgIpc) is 2.66. The van der Waals surface area contributed by atoms with Gasteiger partial charge in [0.15, 0.2) is 6.61 Å². The van der Waals surface area contributed by atoms with Gasteiger partial charge in [-0.2, -0.15) is 0 Å². The van der Waals surface area contributed by atoms with Crippen molar-refractivity contribution in [3.63, 3.8) is 0 Å². The van der Waals surface area contributed by atoms with Crippen LogP contribution in [0.2, 0.25) is 0 Å². The number of nitrogens with zero attached hydrogens (tertiary/aromatic N) is 1. The third kappa shape index (κ3) is 5.67. The lowest BCUT2D eigenvalue weighted by Crippen LogP contribution is -2.45. The van der Waals surface area contributed by atoms with Crippen LogP contribution in [0.5, 0.6) is 0 Å². The minimum absolute atomic E-state index is 0.157. The maximum atomic E-state index is 12.8. The molecular formula is C21H24N2O4. The van der Waals surface area contributed by atoms with Crippen molar-refractivity contribution in [3.8, 4) is 0 Å². The summed E-state index contributed by atoms with van der Waals surface area (Å²) in [7, 11) is 0. The van der Waals surface area contributed by atoms with Crippen molar-refractivity contribution < 1.29 is 19.1 Å². The summed E-state index contributed by atoms with van der Waals surface area (Å²) in [6.07, 6.45) is 0. The standard InChI is InChI=1S/C21H24N2O4/c1-15(2)20(22-16(3)24)21(26)27-14-19(25)23(17-10-6-4-7-11-17)18-12-8-5-9-13-18/h4-13,15,20H,14H2,1-3H3,(H,22,24)/t20-/m0/s1. The fourth-order valence-electron chi connectivity index (χ4n) is 2.60. The Morgan fingerprint density at radius 3 is 1.81 bits per heavy atom. The van der Waals surface area contributed by atoms with Crippen LogP contribution in [0.4, 0.5) is 11.4 Å². The smallest absolute Gasteiger partial charge is 0.329 e. The first-order chi connectivity index (χ1) is 12.9. The summed E-state index contributed by atoms with van der Waals surface area (Å²) < 4.78 is 5.21. The second kappa shape index (κ2) is 9.52. The Morgan fingerprint density at radius 2 is 1.41 bits per heavy atom. The van der Waals surface area contributed by atoms with E-state index < -0.39 is 18.6 Å². The van der Waals surface area contributed by atoms with Gasteiger partial charge in [-0.15, -0.1) is 0 Å². The number of rotatable bonds is 7. The van der Waals surface area contributed by atoms with E-state index in [1.807, 2.05) is 36.4 Å². The second-order valence-corrected chi connectivity index (χ2v) is 6.43. The lowest BCUT2D eigenvalue weighted by molar-refractivity contribution is -0.152. The number of hydrogen-bond acceptors (Lipinski definition) is 4. The molecule has 2 aromatic carbocycles. The number of hydrogen-bond donors (Lipinski definition) is 1. The topological polar surface area (TPSA) is 75.7 Å². The first-order valence-corrected chi connectivity index (χ1v) is 8.77. The van der Waals surface area contributed by atoms with Crippen LogP contribution in [0.3, 0.4) is 0 Å². The normalized spacial score (nSPS) is 11.6. The van der Waals surface area contributed by atoms with Crippen molar-refractivity contribution in [2.75, 3.05) is 11.5 Å². The number of esters is 1. The van der Waals surface area contributed by atoms with Crippen LogP contribution >= 0.6 is 0 Å². The van der Waals surface area contributed by atoms with Gasteiger partial charge in [-0.1, -0.05) is 50.2 Å². The molecule has 2 aromatic rings. The molecule has 27 heavy (non-hydrogen) atoms. The van der Waals surface area contributed by atoms with Crippen LogP contribution in [0.1, 0.15) is 20.8 Å². The van der Waals surface area contributed by atoms with E-state index in [4.69, 9.17) is 4.74 Å². The summed E-state index contributed by atoms with van der Waals surface area (Å²) in [5, 5.41) is 2.56. The first kappa shape index (κ1) is 20.2. The number of nitrogens with one attached hydrogen (secondary N) is 1. The summed E-state index contributed by atoms with van der Waals surface area (Å²) >= 11 is 0. The van der Waals surface area contributed by atoms with E-state index in [9.17, 15) is 14.4 Å². The molecule has 0 aliphatic carbocycles. The summed E-state index contributed by atoms with van der Waals surface area (Å²) in [6, 6.07) is 17.5. The lowest BCUT2D eigenvalue weighted by Gasteiger charge is -2.24. The van der Waals surface area contributed by atoms with Gasteiger partial charge in [0.1, 0.15) is 6.04 Å². The molecule has 0 fully saturated rings. The molecule has 0 unspecified atom stereocenters. The predicted molar refractivity (Wildman–Crippen MR) is 103 cm³/mol.